The lowest BCUT2D eigenvalue weighted by atomic mass is 10.1. The molecule has 2 rings (SSSR count). The molecule has 0 spiro atoms. The van der Waals surface area contributed by atoms with Gasteiger partial charge in [-0.2, -0.15) is 0 Å². The van der Waals surface area contributed by atoms with Crippen LogP contribution in [-0.2, 0) is 6.42 Å². The minimum Gasteiger partial charge on any atom is -0.489 e. The Balaban J connectivity index is 1.73. The Hall–Kier alpha value is -2.21. The largest absolute Gasteiger partial charge is 0.489 e. The van der Waals surface area contributed by atoms with Crippen LogP contribution < -0.4 is 15.4 Å². The number of guanidine groups is 1. The zero-order chi connectivity index (χ0) is 18.2. The zero-order valence-electron chi connectivity index (χ0n) is 15.1. The van der Waals surface area contributed by atoms with Gasteiger partial charge in [0.2, 0.25) is 0 Å². The van der Waals surface area contributed by atoms with Gasteiger partial charge in [0.1, 0.15) is 17.6 Å². The molecule has 1 atom stereocenters. The van der Waals surface area contributed by atoms with Gasteiger partial charge >= 0.3 is 0 Å². The van der Waals surface area contributed by atoms with E-state index in [-0.39, 0.29) is 6.10 Å². The van der Waals surface area contributed by atoms with E-state index >= 15 is 0 Å². The van der Waals surface area contributed by atoms with Crippen molar-refractivity contribution in [2.45, 2.75) is 33.3 Å². The predicted molar refractivity (Wildman–Crippen MR) is 101 cm³/mol. The molecule has 1 heterocycles. The standard InChI is InChI=1S/C18H25ClN4O2/c1-12(24-16-7-5-15(19)6-8-16)11-22-18(20-4)21-10-9-17-13(2)23-25-14(17)3/h5-8,12H,9-11H2,1-4H3,(H2,20,21,22). The number of ether oxygens (including phenoxy) is 1. The molecular weight excluding hydrogens is 340 g/mol. The molecule has 0 bridgehead atoms. The SMILES string of the molecule is CN=C(NCCc1c(C)noc1C)NCC(C)Oc1ccc(Cl)cc1. The van der Waals surface area contributed by atoms with Crippen molar-refractivity contribution in [1.82, 2.24) is 15.8 Å². The van der Waals surface area contributed by atoms with E-state index in [1.54, 1.807) is 7.05 Å². The van der Waals surface area contributed by atoms with Crippen molar-refractivity contribution in [3.8, 4) is 5.75 Å². The van der Waals surface area contributed by atoms with Gasteiger partial charge in [-0.1, -0.05) is 16.8 Å². The molecule has 2 N–H and O–H groups in total. The van der Waals surface area contributed by atoms with Gasteiger partial charge in [-0.05, 0) is 51.5 Å². The third kappa shape index (κ3) is 5.98. The highest BCUT2D eigenvalue weighted by atomic mass is 35.5. The van der Waals surface area contributed by atoms with Crippen molar-refractivity contribution >= 4 is 17.6 Å². The molecule has 0 aliphatic heterocycles. The number of benzene rings is 1. The van der Waals surface area contributed by atoms with Gasteiger partial charge in [-0.15, -0.1) is 0 Å². The number of aryl methyl sites for hydroxylation is 2. The highest BCUT2D eigenvalue weighted by Gasteiger charge is 2.09. The lowest BCUT2D eigenvalue weighted by Crippen LogP contribution is -2.42. The van der Waals surface area contributed by atoms with Gasteiger partial charge < -0.3 is 19.9 Å². The number of hydrogen-bond donors (Lipinski definition) is 2. The highest BCUT2D eigenvalue weighted by Crippen LogP contribution is 2.16. The summed E-state index contributed by atoms with van der Waals surface area (Å²) in [7, 11) is 1.75. The molecule has 0 saturated carbocycles. The van der Waals surface area contributed by atoms with Gasteiger partial charge in [0.05, 0.1) is 12.2 Å². The summed E-state index contributed by atoms with van der Waals surface area (Å²) in [4.78, 5) is 4.22. The Bertz CT molecular complexity index is 678. The second-order valence-electron chi connectivity index (χ2n) is 5.82. The number of nitrogens with one attached hydrogen (secondary N) is 2. The minimum absolute atomic E-state index is 0.0118. The summed E-state index contributed by atoms with van der Waals surface area (Å²) in [6, 6.07) is 7.34. The first-order valence-electron chi connectivity index (χ1n) is 8.28. The van der Waals surface area contributed by atoms with Crippen molar-refractivity contribution < 1.29 is 9.26 Å². The Morgan fingerprint density at radius 1 is 1.28 bits per heavy atom. The van der Waals surface area contributed by atoms with Gasteiger partial charge in [-0.3, -0.25) is 4.99 Å². The van der Waals surface area contributed by atoms with Crippen LogP contribution in [0.1, 0.15) is 23.9 Å². The first-order chi connectivity index (χ1) is 12.0. The van der Waals surface area contributed by atoms with Gasteiger partial charge in [0.25, 0.3) is 0 Å². The van der Waals surface area contributed by atoms with Crippen molar-refractivity contribution in [2.75, 3.05) is 20.1 Å². The third-order valence-electron chi connectivity index (χ3n) is 3.78. The molecule has 0 aliphatic carbocycles. The second kappa shape index (κ2) is 9.32. The van der Waals surface area contributed by atoms with Crippen LogP contribution in [0.25, 0.3) is 0 Å². The summed E-state index contributed by atoms with van der Waals surface area (Å²) in [5.74, 6) is 2.39. The monoisotopic (exact) mass is 364 g/mol. The zero-order valence-corrected chi connectivity index (χ0v) is 15.9. The molecule has 0 fully saturated rings. The topological polar surface area (TPSA) is 71.7 Å². The average molecular weight is 365 g/mol. The summed E-state index contributed by atoms with van der Waals surface area (Å²) >= 11 is 5.87. The Morgan fingerprint density at radius 3 is 2.60 bits per heavy atom. The van der Waals surface area contributed by atoms with Crippen LogP contribution in [0, 0.1) is 13.8 Å². The maximum absolute atomic E-state index is 5.87. The van der Waals surface area contributed by atoms with Crippen LogP contribution in [-0.4, -0.2) is 37.4 Å². The second-order valence-corrected chi connectivity index (χ2v) is 6.25. The van der Waals surface area contributed by atoms with Crippen LogP contribution in [0.15, 0.2) is 33.8 Å². The molecule has 1 unspecified atom stereocenters. The van der Waals surface area contributed by atoms with E-state index in [4.69, 9.17) is 20.9 Å². The Kier molecular flexibility index (Phi) is 7.13. The van der Waals surface area contributed by atoms with Crippen molar-refractivity contribution in [3.05, 3.63) is 46.3 Å². The molecule has 6 nitrogen and oxygen atoms in total. The first kappa shape index (κ1) is 19.1. The van der Waals surface area contributed by atoms with Crippen LogP contribution in [0.4, 0.5) is 0 Å². The summed E-state index contributed by atoms with van der Waals surface area (Å²) in [5, 5.41) is 11.2. The number of halogens is 1. The van der Waals surface area contributed by atoms with E-state index in [0.29, 0.717) is 11.6 Å². The summed E-state index contributed by atoms with van der Waals surface area (Å²) in [5.41, 5.74) is 2.08. The lowest BCUT2D eigenvalue weighted by molar-refractivity contribution is 0.224. The van der Waals surface area contributed by atoms with Gasteiger partial charge in [-0.25, -0.2) is 0 Å². The van der Waals surface area contributed by atoms with Crippen molar-refractivity contribution in [1.29, 1.82) is 0 Å². The molecule has 0 amide bonds. The summed E-state index contributed by atoms with van der Waals surface area (Å²) < 4.78 is 11.0. The molecule has 1 aromatic carbocycles. The molecule has 25 heavy (non-hydrogen) atoms. The fourth-order valence-corrected chi connectivity index (χ4v) is 2.54. The van der Waals surface area contributed by atoms with Crippen LogP contribution in [0.3, 0.4) is 0 Å². The van der Waals surface area contributed by atoms with E-state index in [1.807, 2.05) is 45.0 Å². The van der Waals surface area contributed by atoms with Gasteiger partial charge in [0, 0.05) is 24.2 Å². The first-order valence-corrected chi connectivity index (χ1v) is 8.66. The minimum atomic E-state index is -0.0118. The van der Waals surface area contributed by atoms with E-state index < -0.39 is 0 Å². The number of aliphatic imine (C=N–C) groups is 1. The number of hydrogen-bond acceptors (Lipinski definition) is 4. The normalized spacial score (nSPS) is 12.8. The average Bonchev–Trinajstić information content (AvgIpc) is 2.91. The molecular formula is C18H25ClN4O2. The lowest BCUT2D eigenvalue weighted by Gasteiger charge is -2.17. The summed E-state index contributed by atoms with van der Waals surface area (Å²) in [6.45, 7) is 7.26. The van der Waals surface area contributed by atoms with Gasteiger partial charge in [0.15, 0.2) is 5.96 Å². The number of nitrogens with zero attached hydrogens (tertiary/aromatic N) is 2. The highest BCUT2D eigenvalue weighted by molar-refractivity contribution is 6.30. The smallest absolute Gasteiger partial charge is 0.191 e. The number of aromatic nitrogens is 1. The van der Waals surface area contributed by atoms with Crippen molar-refractivity contribution in [2.24, 2.45) is 4.99 Å². The van der Waals surface area contributed by atoms with E-state index in [1.165, 1.54) is 0 Å². The van der Waals surface area contributed by atoms with Crippen molar-refractivity contribution in [3.63, 3.8) is 0 Å². The van der Waals surface area contributed by atoms with E-state index in [9.17, 15) is 0 Å². The molecule has 0 aliphatic rings. The Morgan fingerprint density at radius 2 is 2.00 bits per heavy atom. The summed E-state index contributed by atoms with van der Waals surface area (Å²) in [6.07, 6.45) is 0.820. The number of rotatable bonds is 7. The molecule has 1 aromatic heterocycles. The van der Waals surface area contributed by atoms with Crippen LogP contribution >= 0.6 is 11.6 Å². The quantitative estimate of drug-likeness (QED) is 0.583. The van der Waals surface area contributed by atoms with Crippen LogP contribution in [0.5, 0.6) is 5.75 Å². The molecule has 2 aromatic rings. The fraction of sp³-hybridized carbons (Fsp3) is 0.444. The molecule has 0 saturated heterocycles. The van der Waals surface area contributed by atoms with E-state index in [0.717, 1.165) is 41.7 Å². The Labute approximate surface area is 153 Å². The molecule has 0 radical (unpaired) electrons. The molecule has 136 valence electrons. The fourth-order valence-electron chi connectivity index (χ4n) is 2.41. The maximum atomic E-state index is 5.87. The third-order valence-corrected chi connectivity index (χ3v) is 4.03. The van der Waals surface area contributed by atoms with Crippen LogP contribution in [0.2, 0.25) is 5.02 Å². The molecule has 7 heteroatoms. The maximum Gasteiger partial charge on any atom is 0.191 e. The predicted octanol–water partition coefficient (Wildman–Crippen LogP) is 3.12. The van der Waals surface area contributed by atoms with E-state index in [2.05, 4.69) is 20.8 Å².